The summed E-state index contributed by atoms with van der Waals surface area (Å²) in [5.74, 6) is 0.826. The van der Waals surface area contributed by atoms with Crippen molar-refractivity contribution < 1.29 is 18.3 Å². The number of methoxy groups -OCH3 is 1. The van der Waals surface area contributed by atoms with Crippen LogP contribution in [0.15, 0.2) is 36.5 Å². The summed E-state index contributed by atoms with van der Waals surface area (Å²) in [6.45, 7) is 4.26. The SMILES string of the molecule is COc1cc(-c2ccc(OCC(C)CC(C)N)c(C(F)F)c2)ccn1. The average molecular weight is 350 g/mol. The Morgan fingerprint density at radius 1 is 1.12 bits per heavy atom. The number of rotatable bonds is 8. The molecule has 2 unspecified atom stereocenters. The van der Waals surface area contributed by atoms with E-state index in [0.29, 0.717) is 18.1 Å². The van der Waals surface area contributed by atoms with Gasteiger partial charge in [0.15, 0.2) is 0 Å². The van der Waals surface area contributed by atoms with Gasteiger partial charge in [-0.2, -0.15) is 0 Å². The molecule has 0 fully saturated rings. The first kappa shape index (κ1) is 19.1. The quantitative estimate of drug-likeness (QED) is 0.764. The molecule has 4 nitrogen and oxygen atoms in total. The number of hydrogen-bond acceptors (Lipinski definition) is 4. The lowest BCUT2D eigenvalue weighted by molar-refractivity contribution is 0.142. The fourth-order valence-corrected chi connectivity index (χ4v) is 2.67. The van der Waals surface area contributed by atoms with E-state index in [9.17, 15) is 8.78 Å². The summed E-state index contributed by atoms with van der Waals surface area (Å²) in [7, 11) is 1.51. The van der Waals surface area contributed by atoms with E-state index >= 15 is 0 Å². The molecule has 136 valence electrons. The summed E-state index contributed by atoms with van der Waals surface area (Å²) in [6, 6.07) is 8.30. The lowest BCUT2D eigenvalue weighted by Gasteiger charge is -2.17. The van der Waals surface area contributed by atoms with Gasteiger partial charge in [0.05, 0.1) is 19.3 Å². The predicted molar refractivity (Wildman–Crippen MR) is 94.1 cm³/mol. The van der Waals surface area contributed by atoms with Crippen molar-refractivity contribution in [1.82, 2.24) is 4.98 Å². The van der Waals surface area contributed by atoms with Gasteiger partial charge < -0.3 is 15.2 Å². The number of nitrogens with zero attached hydrogens (tertiary/aromatic N) is 1. The Kier molecular flexibility index (Phi) is 6.70. The molecule has 0 saturated heterocycles. The zero-order chi connectivity index (χ0) is 18.4. The number of benzene rings is 1. The van der Waals surface area contributed by atoms with Crippen molar-refractivity contribution in [2.75, 3.05) is 13.7 Å². The van der Waals surface area contributed by atoms with Gasteiger partial charge in [-0.25, -0.2) is 13.8 Å². The van der Waals surface area contributed by atoms with Crippen molar-refractivity contribution in [3.63, 3.8) is 0 Å². The molecule has 0 radical (unpaired) electrons. The molecular formula is C19H24F2N2O2. The van der Waals surface area contributed by atoms with Crippen LogP contribution in [0.25, 0.3) is 11.1 Å². The number of pyridine rings is 1. The van der Waals surface area contributed by atoms with E-state index in [2.05, 4.69) is 4.98 Å². The Morgan fingerprint density at radius 3 is 2.48 bits per heavy atom. The van der Waals surface area contributed by atoms with Crippen molar-refractivity contribution in [1.29, 1.82) is 0 Å². The van der Waals surface area contributed by atoms with Crippen LogP contribution in [0.5, 0.6) is 11.6 Å². The van der Waals surface area contributed by atoms with Gasteiger partial charge in [0.2, 0.25) is 5.88 Å². The molecule has 0 amide bonds. The highest BCUT2D eigenvalue weighted by Crippen LogP contribution is 2.34. The maximum Gasteiger partial charge on any atom is 0.267 e. The topological polar surface area (TPSA) is 57.4 Å². The molecule has 0 aliphatic carbocycles. The average Bonchev–Trinajstić information content (AvgIpc) is 2.59. The van der Waals surface area contributed by atoms with Gasteiger partial charge in [0.25, 0.3) is 6.43 Å². The minimum atomic E-state index is -2.62. The van der Waals surface area contributed by atoms with Crippen LogP contribution in [0.1, 0.15) is 32.3 Å². The zero-order valence-electron chi connectivity index (χ0n) is 14.7. The molecule has 6 heteroatoms. The van der Waals surface area contributed by atoms with Gasteiger partial charge in [-0.1, -0.05) is 13.0 Å². The fourth-order valence-electron chi connectivity index (χ4n) is 2.67. The van der Waals surface area contributed by atoms with E-state index in [4.69, 9.17) is 15.2 Å². The highest BCUT2D eigenvalue weighted by Gasteiger charge is 2.17. The third-order valence-corrected chi connectivity index (χ3v) is 3.82. The summed E-state index contributed by atoms with van der Waals surface area (Å²) in [6.07, 6.45) is -0.266. The third-order valence-electron chi connectivity index (χ3n) is 3.82. The molecule has 2 rings (SSSR count). The smallest absolute Gasteiger partial charge is 0.267 e. The van der Waals surface area contributed by atoms with Crippen molar-refractivity contribution in [2.45, 2.75) is 32.7 Å². The Hall–Kier alpha value is -2.21. The number of aromatic nitrogens is 1. The maximum absolute atomic E-state index is 13.5. The van der Waals surface area contributed by atoms with Crippen LogP contribution in [0, 0.1) is 5.92 Å². The normalized spacial score (nSPS) is 13.6. The highest BCUT2D eigenvalue weighted by atomic mass is 19.3. The van der Waals surface area contributed by atoms with E-state index < -0.39 is 6.43 Å². The van der Waals surface area contributed by atoms with Crippen molar-refractivity contribution in [3.8, 4) is 22.8 Å². The molecule has 0 aliphatic rings. The van der Waals surface area contributed by atoms with Gasteiger partial charge in [-0.3, -0.25) is 0 Å². The molecule has 25 heavy (non-hydrogen) atoms. The van der Waals surface area contributed by atoms with Crippen LogP contribution in [0.4, 0.5) is 8.78 Å². The van der Waals surface area contributed by atoms with Crippen molar-refractivity contribution in [2.24, 2.45) is 11.7 Å². The van der Waals surface area contributed by atoms with Crippen LogP contribution in [-0.2, 0) is 0 Å². The molecule has 0 bridgehead atoms. The minimum absolute atomic E-state index is 0.0530. The van der Waals surface area contributed by atoms with Gasteiger partial charge in [-0.15, -0.1) is 0 Å². The molecule has 2 atom stereocenters. The number of halogens is 2. The Balaban J connectivity index is 2.22. The highest BCUT2D eigenvalue weighted by molar-refractivity contribution is 5.66. The second-order valence-corrected chi connectivity index (χ2v) is 6.27. The number of alkyl halides is 2. The summed E-state index contributed by atoms with van der Waals surface area (Å²) < 4.78 is 37.6. The maximum atomic E-state index is 13.5. The van der Waals surface area contributed by atoms with E-state index in [-0.39, 0.29) is 23.3 Å². The summed E-state index contributed by atoms with van der Waals surface area (Å²) >= 11 is 0. The Bertz CT molecular complexity index is 693. The third kappa shape index (κ3) is 5.39. The summed E-state index contributed by atoms with van der Waals surface area (Å²) in [5, 5.41) is 0. The fraction of sp³-hybridized carbons (Fsp3) is 0.421. The van der Waals surface area contributed by atoms with Crippen LogP contribution in [0.3, 0.4) is 0 Å². The molecular weight excluding hydrogens is 326 g/mol. The number of nitrogens with two attached hydrogens (primary N) is 1. The van der Waals surface area contributed by atoms with E-state index in [1.165, 1.54) is 13.2 Å². The van der Waals surface area contributed by atoms with Gasteiger partial charge in [-0.05, 0) is 48.6 Å². The Morgan fingerprint density at radius 2 is 1.84 bits per heavy atom. The van der Waals surface area contributed by atoms with Gasteiger partial charge in [0.1, 0.15) is 5.75 Å². The van der Waals surface area contributed by atoms with Crippen molar-refractivity contribution in [3.05, 3.63) is 42.1 Å². The van der Waals surface area contributed by atoms with Crippen LogP contribution < -0.4 is 15.2 Å². The first-order valence-electron chi connectivity index (χ1n) is 8.21. The first-order chi connectivity index (χ1) is 11.9. The minimum Gasteiger partial charge on any atom is -0.493 e. The number of hydrogen-bond donors (Lipinski definition) is 1. The van der Waals surface area contributed by atoms with Crippen LogP contribution in [-0.4, -0.2) is 24.7 Å². The van der Waals surface area contributed by atoms with E-state index in [1.807, 2.05) is 13.8 Å². The Labute approximate surface area is 147 Å². The molecule has 0 spiro atoms. The zero-order valence-corrected chi connectivity index (χ0v) is 14.7. The molecule has 0 aliphatic heterocycles. The van der Waals surface area contributed by atoms with Gasteiger partial charge >= 0.3 is 0 Å². The summed E-state index contributed by atoms with van der Waals surface area (Å²) in [5.41, 5.74) is 7.05. The first-order valence-corrected chi connectivity index (χ1v) is 8.21. The molecule has 1 aromatic heterocycles. The molecule has 1 aromatic carbocycles. The largest absolute Gasteiger partial charge is 0.493 e. The second kappa shape index (κ2) is 8.76. The molecule has 1 heterocycles. The van der Waals surface area contributed by atoms with Gasteiger partial charge in [0, 0.05) is 18.3 Å². The molecule has 2 aromatic rings. The van der Waals surface area contributed by atoms with Crippen LogP contribution in [0.2, 0.25) is 0 Å². The monoisotopic (exact) mass is 350 g/mol. The lowest BCUT2D eigenvalue weighted by Crippen LogP contribution is -2.21. The van der Waals surface area contributed by atoms with E-state index in [0.717, 1.165) is 12.0 Å². The standard InChI is InChI=1S/C19H24F2N2O2/c1-12(8-13(2)22)11-25-17-5-4-14(9-16(17)19(20)21)15-6-7-23-18(10-15)24-3/h4-7,9-10,12-13,19H,8,11,22H2,1-3H3. The number of ether oxygens (including phenoxy) is 2. The predicted octanol–water partition coefficient (Wildman–Crippen LogP) is 4.45. The lowest BCUT2D eigenvalue weighted by atomic mass is 10.0. The molecule has 2 N–H and O–H groups in total. The van der Waals surface area contributed by atoms with Crippen molar-refractivity contribution >= 4 is 0 Å². The molecule has 0 saturated carbocycles. The summed E-state index contributed by atoms with van der Waals surface area (Å²) in [4.78, 5) is 4.03. The van der Waals surface area contributed by atoms with Crippen LogP contribution >= 0.6 is 0 Å². The second-order valence-electron chi connectivity index (χ2n) is 6.27. The van der Waals surface area contributed by atoms with E-state index in [1.54, 1.807) is 30.5 Å².